The van der Waals surface area contributed by atoms with E-state index in [0.29, 0.717) is 28.2 Å². The third-order valence-corrected chi connectivity index (χ3v) is 2.88. The van der Waals surface area contributed by atoms with Crippen LogP contribution in [0.4, 0.5) is 4.39 Å². The van der Waals surface area contributed by atoms with Crippen LogP contribution in [0.1, 0.15) is 5.82 Å². The maximum Gasteiger partial charge on any atom is 0.259 e. The lowest BCUT2D eigenvalue weighted by molar-refractivity contribution is 0.422. The highest BCUT2D eigenvalue weighted by molar-refractivity contribution is 9.10. The van der Waals surface area contributed by atoms with Gasteiger partial charge in [-0.2, -0.15) is 4.98 Å². The van der Waals surface area contributed by atoms with E-state index in [4.69, 9.17) is 4.52 Å². The van der Waals surface area contributed by atoms with Gasteiger partial charge < -0.3 is 9.84 Å². The molecule has 0 amide bonds. The third kappa shape index (κ3) is 2.89. The van der Waals surface area contributed by atoms with Crippen LogP contribution in [0.3, 0.4) is 0 Å². The lowest BCUT2D eigenvalue weighted by Crippen LogP contribution is -2.11. The fourth-order valence-corrected chi connectivity index (χ4v) is 1.89. The van der Waals surface area contributed by atoms with Crippen LogP contribution in [-0.2, 0) is 6.42 Å². The molecule has 0 unspecified atom stereocenters. The predicted octanol–water partition coefficient (Wildman–Crippen LogP) is 2.40. The van der Waals surface area contributed by atoms with Crippen LogP contribution in [0.5, 0.6) is 0 Å². The van der Waals surface area contributed by atoms with E-state index in [1.807, 2.05) is 7.05 Å². The molecule has 2 rings (SSSR count). The Morgan fingerprint density at radius 3 is 3.00 bits per heavy atom. The molecule has 2 aromatic rings. The number of nitrogens with one attached hydrogen (secondary N) is 1. The molecule has 0 aliphatic carbocycles. The van der Waals surface area contributed by atoms with Gasteiger partial charge in [-0.15, -0.1) is 0 Å². The summed E-state index contributed by atoms with van der Waals surface area (Å²) in [5.74, 6) is 0.712. The molecule has 6 heteroatoms. The Balaban J connectivity index is 2.24. The summed E-state index contributed by atoms with van der Waals surface area (Å²) in [6.45, 7) is 0.781. The van der Waals surface area contributed by atoms with Gasteiger partial charge in [0.15, 0.2) is 5.82 Å². The normalized spacial score (nSPS) is 10.8. The minimum Gasteiger partial charge on any atom is -0.334 e. The molecule has 1 aromatic carbocycles. The number of nitrogens with zero attached hydrogens (tertiary/aromatic N) is 2. The van der Waals surface area contributed by atoms with Crippen molar-refractivity contribution in [3.05, 3.63) is 34.3 Å². The molecule has 1 N–H and O–H groups in total. The fraction of sp³-hybridized carbons (Fsp3) is 0.273. The van der Waals surface area contributed by atoms with Gasteiger partial charge in [0.05, 0.1) is 5.56 Å². The molecule has 0 fully saturated rings. The quantitative estimate of drug-likeness (QED) is 0.942. The zero-order valence-corrected chi connectivity index (χ0v) is 10.8. The zero-order chi connectivity index (χ0) is 12.3. The SMILES string of the molecule is CNCCc1noc(-c2ccc(F)cc2Br)n1. The number of hydrogen-bond acceptors (Lipinski definition) is 4. The minimum atomic E-state index is -0.310. The number of hydrogen-bond donors (Lipinski definition) is 1. The fourth-order valence-electron chi connectivity index (χ4n) is 1.36. The Morgan fingerprint density at radius 1 is 1.47 bits per heavy atom. The minimum absolute atomic E-state index is 0.310. The Kier molecular flexibility index (Phi) is 3.86. The maximum atomic E-state index is 12.9. The number of rotatable bonds is 4. The van der Waals surface area contributed by atoms with E-state index in [1.165, 1.54) is 12.1 Å². The summed E-state index contributed by atoms with van der Waals surface area (Å²) in [7, 11) is 1.86. The average molecular weight is 300 g/mol. The van der Waals surface area contributed by atoms with E-state index in [1.54, 1.807) is 6.07 Å². The number of aromatic nitrogens is 2. The Labute approximate surface area is 106 Å². The molecule has 0 atom stereocenters. The van der Waals surface area contributed by atoms with Gasteiger partial charge in [0.25, 0.3) is 5.89 Å². The van der Waals surface area contributed by atoms with Crippen molar-refractivity contribution in [2.24, 2.45) is 0 Å². The zero-order valence-electron chi connectivity index (χ0n) is 9.20. The van der Waals surface area contributed by atoms with Gasteiger partial charge in [-0.25, -0.2) is 4.39 Å². The largest absolute Gasteiger partial charge is 0.334 e. The van der Waals surface area contributed by atoms with Crippen molar-refractivity contribution in [1.82, 2.24) is 15.5 Å². The first-order valence-electron chi connectivity index (χ1n) is 5.13. The van der Waals surface area contributed by atoms with Gasteiger partial charge in [0.1, 0.15) is 5.82 Å². The summed E-state index contributed by atoms with van der Waals surface area (Å²) in [5.41, 5.74) is 0.689. The van der Waals surface area contributed by atoms with Gasteiger partial charge in [0, 0.05) is 17.4 Å². The van der Waals surface area contributed by atoms with Crippen molar-refractivity contribution in [3.8, 4) is 11.5 Å². The third-order valence-electron chi connectivity index (χ3n) is 2.23. The van der Waals surface area contributed by atoms with Gasteiger partial charge in [-0.05, 0) is 41.2 Å². The molecule has 0 aliphatic heterocycles. The standard InChI is InChI=1S/C11H11BrFN3O/c1-14-5-4-10-15-11(17-16-10)8-3-2-7(13)6-9(8)12/h2-3,6,14H,4-5H2,1H3. The second-order valence-corrected chi connectivity index (χ2v) is 4.35. The first-order valence-corrected chi connectivity index (χ1v) is 5.92. The molecule has 0 aliphatic rings. The van der Waals surface area contributed by atoms with Gasteiger partial charge in [0.2, 0.25) is 0 Å². The summed E-state index contributed by atoms with van der Waals surface area (Å²) in [6, 6.07) is 4.33. The second-order valence-electron chi connectivity index (χ2n) is 3.49. The first kappa shape index (κ1) is 12.2. The van der Waals surface area contributed by atoms with Crippen LogP contribution in [0, 0.1) is 5.82 Å². The molecule has 1 heterocycles. The number of likely N-dealkylation sites (N-methyl/N-ethyl adjacent to an activating group) is 1. The van der Waals surface area contributed by atoms with Crippen LogP contribution >= 0.6 is 15.9 Å². The van der Waals surface area contributed by atoms with Crippen LogP contribution in [0.15, 0.2) is 27.2 Å². The summed E-state index contributed by atoms with van der Waals surface area (Å²) < 4.78 is 18.7. The molecule has 1 aromatic heterocycles. The smallest absolute Gasteiger partial charge is 0.259 e. The van der Waals surface area contributed by atoms with E-state index in [2.05, 4.69) is 31.4 Å². The number of benzene rings is 1. The Morgan fingerprint density at radius 2 is 2.29 bits per heavy atom. The Hall–Kier alpha value is -1.27. The predicted molar refractivity (Wildman–Crippen MR) is 65.0 cm³/mol. The van der Waals surface area contributed by atoms with Gasteiger partial charge in [-0.3, -0.25) is 0 Å². The Bertz CT molecular complexity index is 515. The molecular formula is C11H11BrFN3O. The van der Waals surface area contributed by atoms with Crippen molar-refractivity contribution in [2.75, 3.05) is 13.6 Å². The molecule has 0 saturated heterocycles. The molecule has 4 nitrogen and oxygen atoms in total. The molecule has 0 radical (unpaired) electrons. The molecule has 0 bridgehead atoms. The van der Waals surface area contributed by atoms with Crippen LogP contribution in [0.25, 0.3) is 11.5 Å². The molecule has 17 heavy (non-hydrogen) atoms. The highest BCUT2D eigenvalue weighted by atomic mass is 79.9. The second kappa shape index (κ2) is 5.37. The molecular weight excluding hydrogens is 289 g/mol. The summed E-state index contributed by atoms with van der Waals surface area (Å²) >= 11 is 3.27. The van der Waals surface area contributed by atoms with Crippen molar-refractivity contribution >= 4 is 15.9 Å². The number of halogens is 2. The molecule has 0 spiro atoms. The van der Waals surface area contributed by atoms with Crippen molar-refractivity contribution < 1.29 is 8.91 Å². The van der Waals surface area contributed by atoms with Crippen LogP contribution in [0.2, 0.25) is 0 Å². The summed E-state index contributed by atoms with van der Waals surface area (Å²) in [4.78, 5) is 4.24. The lowest BCUT2D eigenvalue weighted by Gasteiger charge is -1.97. The van der Waals surface area contributed by atoms with E-state index in [9.17, 15) is 4.39 Å². The van der Waals surface area contributed by atoms with Crippen LogP contribution in [-0.4, -0.2) is 23.7 Å². The monoisotopic (exact) mass is 299 g/mol. The first-order chi connectivity index (χ1) is 8.20. The van der Waals surface area contributed by atoms with Crippen molar-refractivity contribution in [1.29, 1.82) is 0 Å². The summed E-state index contributed by atoms with van der Waals surface area (Å²) in [6.07, 6.45) is 0.693. The average Bonchev–Trinajstić information content (AvgIpc) is 2.75. The summed E-state index contributed by atoms with van der Waals surface area (Å²) in [5, 5.41) is 6.86. The highest BCUT2D eigenvalue weighted by Crippen LogP contribution is 2.27. The van der Waals surface area contributed by atoms with E-state index in [-0.39, 0.29) is 5.82 Å². The van der Waals surface area contributed by atoms with E-state index in [0.717, 1.165) is 6.54 Å². The van der Waals surface area contributed by atoms with Crippen molar-refractivity contribution in [3.63, 3.8) is 0 Å². The van der Waals surface area contributed by atoms with E-state index < -0.39 is 0 Å². The van der Waals surface area contributed by atoms with Gasteiger partial charge >= 0.3 is 0 Å². The van der Waals surface area contributed by atoms with Crippen molar-refractivity contribution in [2.45, 2.75) is 6.42 Å². The molecule has 90 valence electrons. The lowest BCUT2D eigenvalue weighted by atomic mass is 10.2. The van der Waals surface area contributed by atoms with E-state index >= 15 is 0 Å². The van der Waals surface area contributed by atoms with Crippen LogP contribution < -0.4 is 5.32 Å². The maximum absolute atomic E-state index is 12.9. The topological polar surface area (TPSA) is 51.0 Å². The van der Waals surface area contributed by atoms with Gasteiger partial charge in [-0.1, -0.05) is 5.16 Å². The highest BCUT2D eigenvalue weighted by Gasteiger charge is 2.12. The molecule has 0 saturated carbocycles.